The first kappa shape index (κ1) is 41.1. The van der Waals surface area contributed by atoms with Crippen molar-refractivity contribution >= 4 is 5.78 Å². The topological polar surface area (TPSA) is 17.1 Å². The molecular formula is C31H33F17O. The summed E-state index contributed by atoms with van der Waals surface area (Å²) in [6.45, 7) is 2.13. The number of halogens is 17. The molecular weight excluding hydrogens is 711 g/mol. The number of ketones is 1. The molecule has 0 amide bonds. The van der Waals surface area contributed by atoms with Crippen LogP contribution in [0.5, 0.6) is 0 Å². The highest BCUT2D eigenvalue weighted by atomic mass is 19.4. The van der Waals surface area contributed by atoms with Crippen LogP contribution in [-0.4, -0.2) is 53.4 Å². The standard InChI is InChI=1S/C31H33F17O/c1-2-3-4-17-5-7-18(8-6-17)19-9-11-20(12-10-19)21-13-15-22(16-14-21)23(49)24(32,33)25(34,35)26(36,37)27(38,39)28(40,41)29(42,43)30(44,45)31(46,47)48/h13-20H,2-12H2,1H3. The lowest BCUT2D eigenvalue weighted by atomic mass is 9.68. The van der Waals surface area contributed by atoms with Crippen LogP contribution in [0.3, 0.4) is 0 Å². The maximum Gasteiger partial charge on any atom is 0.460 e. The number of hydrogen-bond donors (Lipinski definition) is 0. The van der Waals surface area contributed by atoms with Gasteiger partial charge in [-0.3, -0.25) is 4.79 Å². The van der Waals surface area contributed by atoms with Gasteiger partial charge in [0.1, 0.15) is 0 Å². The van der Waals surface area contributed by atoms with Crippen LogP contribution in [0.4, 0.5) is 74.6 Å². The molecule has 2 saturated carbocycles. The third-order valence-corrected chi connectivity index (χ3v) is 9.95. The third-order valence-electron chi connectivity index (χ3n) is 9.95. The van der Waals surface area contributed by atoms with Crippen molar-refractivity contribution in [1.82, 2.24) is 0 Å². The van der Waals surface area contributed by atoms with Crippen molar-refractivity contribution in [3.8, 4) is 0 Å². The number of hydrogen-bond acceptors (Lipinski definition) is 1. The minimum absolute atomic E-state index is 0.204. The van der Waals surface area contributed by atoms with E-state index in [1.54, 1.807) is 0 Å². The smallest absolute Gasteiger partial charge is 0.287 e. The van der Waals surface area contributed by atoms with E-state index in [0.717, 1.165) is 57.1 Å². The molecule has 1 aromatic carbocycles. The molecule has 0 unspecified atom stereocenters. The summed E-state index contributed by atoms with van der Waals surface area (Å²) in [7, 11) is 0. The van der Waals surface area contributed by atoms with Gasteiger partial charge in [0.05, 0.1) is 0 Å². The number of rotatable bonds is 13. The van der Waals surface area contributed by atoms with Crippen molar-refractivity contribution in [1.29, 1.82) is 0 Å². The van der Waals surface area contributed by atoms with Crippen molar-refractivity contribution in [2.45, 2.75) is 131 Å². The molecule has 18 heteroatoms. The predicted molar refractivity (Wildman–Crippen MR) is 141 cm³/mol. The first-order valence-electron chi connectivity index (χ1n) is 15.5. The van der Waals surface area contributed by atoms with Gasteiger partial charge in [-0.2, -0.15) is 74.6 Å². The maximum atomic E-state index is 14.5. The van der Waals surface area contributed by atoms with E-state index in [1.165, 1.54) is 12.8 Å². The predicted octanol–water partition coefficient (Wildman–Crippen LogP) is 12.1. The molecule has 0 radical (unpaired) electrons. The zero-order valence-corrected chi connectivity index (χ0v) is 25.7. The van der Waals surface area contributed by atoms with Crippen molar-refractivity contribution in [3.05, 3.63) is 35.4 Å². The third kappa shape index (κ3) is 6.87. The van der Waals surface area contributed by atoms with E-state index in [4.69, 9.17) is 0 Å². The van der Waals surface area contributed by atoms with Crippen LogP contribution in [0.1, 0.15) is 99.4 Å². The van der Waals surface area contributed by atoms with Crippen molar-refractivity contribution in [2.75, 3.05) is 0 Å². The molecule has 49 heavy (non-hydrogen) atoms. The van der Waals surface area contributed by atoms with Gasteiger partial charge in [0.2, 0.25) is 5.78 Å². The zero-order chi connectivity index (χ0) is 37.6. The average Bonchev–Trinajstić information content (AvgIpc) is 3.02. The van der Waals surface area contributed by atoms with Gasteiger partial charge in [-0.1, -0.05) is 63.3 Å². The van der Waals surface area contributed by atoms with Crippen LogP contribution in [0.25, 0.3) is 0 Å². The van der Waals surface area contributed by atoms with E-state index in [9.17, 15) is 79.4 Å². The second kappa shape index (κ2) is 13.7. The van der Waals surface area contributed by atoms with Crippen LogP contribution in [0.15, 0.2) is 24.3 Å². The van der Waals surface area contributed by atoms with Crippen LogP contribution in [-0.2, 0) is 0 Å². The van der Waals surface area contributed by atoms with Gasteiger partial charge in [0, 0.05) is 5.56 Å². The summed E-state index contributed by atoms with van der Waals surface area (Å²) >= 11 is 0. The molecule has 282 valence electrons. The summed E-state index contributed by atoms with van der Waals surface area (Å²) in [6.07, 6.45) is 2.90. The summed E-state index contributed by atoms with van der Waals surface area (Å²) in [6, 6.07) is 2.81. The lowest BCUT2D eigenvalue weighted by molar-refractivity contribution is -0.459. The van der Waals surface area contributed by atoms with E-state index >= 15 is 0 Å². The van der Waals surface area contributed by atoms with Crippen molar-refractivity contribution < 1.29 is 79.4 Å². The number of benzene rings is 1. The molecule has 0 aromatic heterocycles. The van der Waals surface area contributed by atoms with E-state index in [2.05, 4.69) is 6.92 Å². The molecule has 0 spiro atoms. The Bertz CT molecular complexity index is 1270. The molecule has 0 bridgehead atoms. The van der Waals surface area contributed by atoms with Crippen LogP contribution >= 0.6 is 0 Å². The molecule has 1 aromatic rings. The molecule has 0 N–H and O–H groups in total. The maximum absolute atomic E-state index is 14.5. The lowest BCUT2D eigenvalue weighted by Crippen LogP contribution is -2.75. The molecule has 3 rings (SSSR count). The largest absolute Gasteiger partial charge is 0.460 e. The average molecular weight is 745 g/mol. The first-order valence-corrected chi connectivity index (χ1v) is 15.5. The van der Waals surface area contributed by atoms with Crippen molar-refractivity contribution in [3.63, 3.8) is 0 Å². The highest BCUT2D eigenvalue weighted by Crippen LogP contribution is 2.64. The quantitative estimate of drug-likeness (QED) is 0.145. The van der Waals surface area contributed by atoms with Gasteiger partial charge in [-0.05, 0) is 67.8 Å². The second-order valence-electron chi connectivity index (χ2n) is 13.0. The number of carbonyl (C=O) groups is 1. The monoisotopic (exact) mass is 744 g/mol. The minimum atomic E-state index is -8.74. The normalized spacial score (nSPS) is 24.2. The van der Waals surface area contributed by atoms with Gasteiger partial charge in [-0.25, -0.2) is 0 Å². The van der Waals surface area contributed by atoms with Gasteiger partial charge < -0.3 is 0 Å². The van der Waals surface area contributed by atoms with Crippen molar-refractivity contribution in [2.24, 2.45) is 17.8 Å². The summed E-state index contributed by atoms with van der Waals surface area (Å²) in [5.41, 5.74) is -1.14. The van der Waals surface area contributed by atoms with E-state index in [-0.39, 0.29) is 5.92 Å². The Labute approximate surface area is 270 Å². The molecule has 2 fully saturated rings. The van der Waals surface area contributed by atoms with Gasteiger partial charge in [0.15, 0.2) is 0 Å². The summed E-state index contributed by atoms with van der Waals surface area (Å²) in [5.74, 6) is -59.9. The van der Waals surface area contributed by atoms with E-state index in [0.29, 0.717) is 48.3 Å². The molecule has 1 nitrogen and oxygen atoms in total. The Morgan fingerprint density at radius 1 is 0.551 bits per heavy atom. The fraction of sp³-hybridized carbons (Fsp3) is 0.774. The number of unbranched alkanes of at least 4 members (excludes halogenated alkanes) is 1. The Kier molecular flexibility index (Phi) is 11.5. The Morgan fingerprint density at radius 2 is 0.939 bits per heavy atom. The molecule has 0 atom stereocenters. The summed E-state index contributed by atoms with van der Waals surface area (Å²) in [4.78, 5) is 12.2. The van der Waals surface area contributed by atoms with Gasteiger partial charge in [0.25, 0.3) is 0 Å². The zero-order valence-electron chi connectivity index (χ0n) is 25.7. The molecule has 0 heterocycles. The van der Waals surface area contributed by atoms with E-state index in [1.807, 2.05) is 0 Å². The fourth-order valence-corrected chi connectivity index (χ4v) is 6.76. The minimum Gasteiger partial charge on any atom is -0.287 e. The Hall–Kier alpha value is -2.30. The SMILES string of the molecule is CCCCC1CCC(C2CCC(c3ccc(C(=O)C(F)(F)C(F)(F)C(F)(F)C(F)(F)C(F)(F)C(F)(F)C(F)(F)C(F)(F)F)cc3)CC2)CC1. The number of Topliss-reactive ketones (excluding diaryl/α,β-unsaturated/α-hetero) is 1. The van der Waals surface area contributed by atoms with Crippen LogP contribution in [0.2, 0.25) is 0 Å². The van der Waals surface area contributed by atoms with Gasteiger partial charge >= 0.3 is 47.6 Å². The molecule has 0 saturated heterocycles. The summed E-state index contributed by atoms with van der Waals surface area (Å²) < 4.78 is 231. The second-order valence-corrected chi connectivity index (χ2v) is 13.0. The fourth-order valence-electron chi connectivity index (χ4n) is 6.76. The highest BCUT2D eigenvalue weighted by Gasteiger charge is 2.95. The van der Waals surface area contributed by atoms with E-state index < -0.39 is 59.0 Å². The number of carbonyl (C=O) groups excluding carboxylic acids is 1. The molecule has 0 aliphatic heterocycles. The Morgan fingerprint density at radius 3 is 1.35 bits per heavy atom. The molecule has 2 aliphatic rings. The lowest BCUT2D eigenvalue weighted by Gasteiger charge is -2.42. The van der Waals surface area contributed by atoms with Crippen LogP contribution in [0, 0.1) is 17.8 Å². The van der Waals surface area contributed by atoms with Crippen LogP contribution < -0.4 is 0 Å². The van der Waals surface area contributed by atoms with Gasteiger partial charge in [-0.15, -0.1) is 0 Å². The first-order chi connectivity index (χ1) is 22.1. The summed E-state index contributed by atoms with van der Waals surface area (Å²) in [5, 5.41) is 0. The highest BCUT2D eigenvalue weighted by molar-refractivity contribution is 6.02. The Balaban J connectivity index is 1.75. The molecule has 2 aliphatic carbocycles. The number of alkyl halides is 17.